The van der Waals surface area contributed by atoms with E-state index in [1.165, 1.54) is 11.8 Å². The van der Waals surface area contributed by atoms with Crippen molar-refractivity contribution in [1.29, 1.82) is 0 Å². The fourth-order valence-electron chi connectivity index (χ4n) is 4.14. The molecule has 3 amide bonds. The van der Waals surface area contributed by atoms with Crippen molar-refractivity contribution >= 4 is 46.0 Å². The molecule has 0 aromatic heterocycles. The second-order valence-electron chi connectivity index (χ2n) is 8.13. The van der Waals surface area contributed by atoms with Gasteiger partial charge in [0.25, 0.3) is 11.8 Å². The lowest BCUT2D eigenvalue weighted by Crippen LogP contribution is -2.32. The fraction of sp³-hybridized carbons (Fsp3) is 0.179. The van der Waals surface area contributed by atoms with Crippen molar-refractivity contribution in [2.45, 2.75) is 20.8 Å². The van der Waals surface area contributed by atoms with E-state index in [0.29, 0.717) is 28.2 Å². The van der Waals surface area contributed by atoms with E-state index in [9.17, 15) is 14.4 Å². The Bertz CT molecular complexity index is 1260. The number of amides is 3. The summed E-state index contributed by atoms with van der Waals surface area (Å²) in [5.74, 6) is -0.969. The maximum atomic E-state index is 13.6. The summed E-state index contributed by atoms with van der Waals surface area (Å²) in [6.45, 7) is 7.34. The number of nitrogens with zero attached hydrogens (tertiary/aromatic N) is 2. The van der Waals surface area contributed by atoms with E-state index >= 15 is 0 Å². The zero-order valence-electron chi connectivity index (χ0n) is 20.0. The minimum Gasteiger partial charge on any atom is -0.372 e. The molecule has 0 unspecified atom stereocenters. The molecule has 0 saturated carbocycles. The molecule has 1 aliphatic heterocycles. The molecule has 178 valence electrons. The minimum absolute atomic E-state index is 0.168. The van der Waals surface area contributed by atoms with Crippen LogP contribution in [0.1, 0.15) is 26.3 Å². The van der Waals surface area contributed by atoms with E-state index in [1.807, 2.05) is 42.5 Å². The lowest BCUT2D eigenvalue weighted by atomic mass is 10.0. The Morgan fingerprint density at radius 3 is 1.97 bits per heavy atom. The summed E-state index contributed by atoms with van der Waals surface area (Å²) in [6.07, 6.45) is 0. The summed E-state index contributed by atoms with van der Waals surface area (Å²) in [6, 6.07) is 23.6. The van der Waals surface area contributed by atoms with Crippen LogP contribution in [-0.2, 0) is 14.4 Å². The number of carbonyl (C=O) groups is 3. The van der Waals surface area contributed by atoms with Crippen molar-refractivity contribution in [3.8, 4) is 0 Å². The molecular formula is C28H28N4O3. The van der Waals surface area contributed by atoms with Crippen LogP contribution < -0.4 is 20.4 Å². The number of anilines is 4. The maximum Gasteiger partial charge on any atom is 0.282 e. The normalized spacial score (nSPS) is 13.3. The number of carbonyl (C=O) groups excluding carboxylic acids is 3. The van der Waals surface area contributed by atoms with Gasteiger partial charge in [-0.2, -0.15) is 0 Å². The predicted molar refractivity (Wildman–Crippen MR) is 140 cm³/mol. The van der Waals surface area contributed by atoms with Crippen molar-refractivity contribution in [2.75, 3.05) is 33.5 Å². The van der Waals surface area contributed by atoms with Gasteiger partial charge < -0.3 is 15.5 Å². The molecule has 0 bridgehead atoms. The lowest BCUT2D eigenvalue weighted by molar-refractivity contribution is -0.120. The standard InChI is InChI=1S/C28H28N4O3/c1-4-31(5-2)23-15-17-24(18-16-23)32-27(34)25(20-9-7-6-8-10-20)26(28(32)35)30-22-13-11-21(12-14-22)29-19(3)33/h6-18,30H,4-5H2,1-3H3,(H,29,33). The lowest BCUT2D eigenvalue weighted by Gasteiger charge is -2.22. The first-order chi connectivity index (χ1) is 16.9. The molecule has 3 aromatic carbocycles. The van der Waals surface area contributed by atoms with E-state index in [0.717, 1.165) is 18.8 Å². The van der Waals surface area contributed by atoms with Gasteiger partial charge in [0.2, 0.25) is 5.91 Å². The average Bonchev–Trinajstić information content (AvgIpc) is 3.11. The number of hydrogen-bond acceptors (Lipinski definition) is 5. The number of hydrogen-bond donors (Lipinski definition) is 2. The molecule has 1 aliphatic rings. The number of nitrogens with one attached hydrogen (secondary N) is 2. The van der Waals surface area contributed by atoms with Crippen LogP contribution in [0.4, 0.5) is 22.7 Å². The third-order valence-electron chi connectivity index (χ3n) is 5.86. The highest BCUT2D eigenvalue weighted by atomic mass is 16.2. The summed E-state index contributed by atoms with van der Waals surface area (Å²) in [5.41, 5.74) is 4.00. The van der Waals surface area contributed by atoms with E-state index in [-0.39, 0.29) is 17.5 Å². The Hall–Kier alpha value is -4.39. The van der Waals surface area contributed by atoms with Crippen LogP contribution in [0.25, 0.3) is 5.57 Å². The average molecular weight is 469 g/mol. The Balaban J connectivity index is 1.68. The second-order valence-corrected chi connectivity index (χ2v) is 8.13. The van der Waals surface area contributed by atoms with Gasteiger partial charge in [-0.3, -0.25) is 14.4 Å². The first kappa shape index (κ1) is 23.8. The van der Waals surface area contributed by atoms with Crippen LogP contribution >= 0.6 is 0 Å². The Morgan fingerprint density at radius 2 is 1.40 bits per heavy atom. The Kier molecular flexibility index (Phi) is 6.96. The van der Waals surface area contributed by atoms with Gasteiger partial charge in [0.05, 0.1) is 11.3 Å². The van der Waals surface area contributed by atoms with Gasteiger partial charge in [-0.15, -0.1) is 0 Å². The van der Waals surface area contributed by atoms with Crippen LogP contribution in [0, 0.1) is 0 Å². The zero-order valence-corrected chi connectivity index (χ0v) is 20.0. The topological polar surface area (TPSA) is 81.8 Å². The van der Waals surface area contributed by atoms with Gasteiger partial charge in [0, 0.05) is 37.1 Å². The van der Waals surface area contributed by atoms with Crippen molar-refractivity contribution in [1.82, 2.24) is 0 Å². The molecule has 2 N–H and O–H groups in total. The van der Waals surface area contributed by atoms with Crippen LogP contribution in [0.15, 0.2) is 84.6 Å². The summed E-state index contributed by atoms with van der Waals surface area (Å²) in [5, 5.41) is 5.86. The molecular weight excluding hydrogens is 440 g/mol. The van der Waals surface area contributed by atoms with Gasteiger partial charge in [0.15, 0.2) is 0 Å². The van der Waals surface area contributed by atoms with E-state index < -0.39 is 5.91 Å². The molecule has 0 aliphatic carbocycles. The Labute approximate surface area is 205 Å². The highest BCUT2D eigenvalue weighted by Crippen LogP contribution is 2.34. The highest BCUT2D eigenvalue weighted by Gasteiger charge is 2.40. The van der Waals surface area contributed by atoms with Crippen LogP contribution in [0.2, 0.25) is 0 Å². The molecule has 1 heterocycles. The minimum atomic E-state index is -0.421. The van der Waals surface area contributed by atoms with E-state index in [2.05, 4.69) is 29.4 Å². The largest absolute Gasteiger partial charge is 0.372 e. The van der Waals surface area contributed by atoms with Crippen molar-refractivity contribution < 1.29 is 14.4 Å². The molecule has 0 spiro atoms. The third-order valence-corrected chi connectivity index (χ3v) is 5.86. The predicted octanol–water partition coefficient (Wildman–Crippen LogP) is 4.89. The van der Waals surface area contributed by atoms with Gasteiger partial charge >= 0.3 is 0 Å². The van der Waals surface area contributed by atoms with E-state index in [1.54, 1.807) is 36.4 Å². The molecule has 4 rings (SSSR count). The molecule has 0 fully saturated rings. The van der Waals surface area contributed by atoms with Crippen molar-refractivity contribution in [2.24, 2.45) is 0 Å². The Morgan fingerprint density at radius 1 is 0.800 bits per heavy atom. The van der Waals surface area contributed by atoms with Crippen LogP contribution in [-0.4, -0.2) is 30.8 Å². The quantitative estimate of drug-likeness (QED) is 0.460. The molecule has 0 radical (unpaired) electrons. The first-order valence-corrected chi connectivity index (χ1v) is 11.6. The summed E-state index contributed by atoms with van der Waals surface area (Å²) in [4.78, 5) is 41.8. The SMILES string of the molecule is CCN(CC)c1ccc(N2C(=O)C(Nc3ccc(NC(C)=O)cc3)=C(c3ccccc3)C2=O)cc1. The molecule has 3 aromatic rings. The fourth-order valence-corrected chi connectivity index (χ4v) is 4.14. The van der Waals surface area contributed by atoms with Crippen molar-refractivity contribution in [3.63, 3.8) is 0 Å². The number of rotatable bonds is 8. The maximum absolute atomic E-state index is 13.6. The smallest absolute Gasteiger partial charge is 0.282 e. The third kappa shape index (κ3) is 4.94. The first-order valence-electron chi connectivity index (χ1n) is 11.6. The molecule has 0 saturated heterocycles. The van der Waals surface area contributed by atoms with Crippen molar-refractivity contribution in [3.05, 3.63) is 90.1 Å². The van der Waals surface area contributed by atoms with E-state index in [4.69, 9.17) is 0 Å². The monoisotopic (exact) mass is 468 g/mol. The molecule has 7 heteroatoms. The summed E-state index contributed by atoms with van der Waals surface area (Å²) >= 11 is 0. The van der Waals surface area contributed by atoms with Gasteiger partial charge in [-0.05, 0) is 67.9 Å². The number of benzene rings is 3. The van der Waals surface area contributed by atoms with Gasteiger partial charge in [0.1, 0.15) is 5.70 Å². The zero-order chi connectivity index (χ0) is 24.9. The van der Waals surface area contributed by atoms with Crippen LogP contribution in [0.3, 0.4) is 0 Å². The molecule has 0 atom stereocenters. The number of imide groups is 1. The molecule has 7 nitrogen and oxygen atoms in total. The molecule has 35 heavy (non-hydrogen) atoms. The second kappa shape index (κ2) is 10.3. The van der Waals surface area contributed by atoms with Gasteiger partial charge in [-0.25, -0.2) is 4.90 Å². The summed E-state index contributed by atoms with van der Waals surface area (Å²) < 4.78 is 0. The highest BCUT2D eigenvalue weighted by molar-refractivity contribution is 6.46. The van der Waals surface area contributed by atoms with Gasteiger partial charge in [-0.1, -0.05) is 30.3 Å². The summed E-state index contributed by atoms with van der Waals surface area (Å²) in [7, 11) is 0. The van der Waals surface area contributed by atoms with Crippen LogP contribution in [0.5, 0.6) is 0 Å².